The van der Waals surface area contributed by atoms with Crippen LogP contribution in [0.4, 0.5) is 0 Å². The summed E-state index contributed by atoms with van der Waals surface area (Å²) in [6.07, 6.45) is 2.48. The Labute approximate surface area is 261 Å². The third-order valence-electron chi connectivity index (χ3n) is 9.85. The van der Waals surface area contributed by atoms with E-state index in [9.17, 15) is 35.1 Å². The first-order valence-corrected chi connectivity index (χ1v) is 17.0. The summed E-state index contributed by atoms with van der Waals surface area (Å²) >= 11 is 0. The van der Waals surface area contributed by atoms with Crippen molar-refractivity contribution in [2.45, 2.75) is 152 Å². The molecule has 0 radical (unpaired) electrons. The van der Waals surface area contributed by atoms with E-state index in [1.165, 1.54) is 12.8 Å². The molecule has 3 unspecified atom stereocenters. The van der Waals surface area contributed by atoms with Crippen molar-refractivity contribution in [1.29, 1.82) is 0 Å². The van der Waals surface area contributed by atoms with Crippen LogP contribution in [0.15, 0.2) is 0 Å². The lowest BCUT2D eigenvalue weighted by atomic mass is 9.84. The number of amides is 1. The first-order chi connectivity index (χ1) is 21.2. The number of hydrogen-bond acceptors (Lipinski definition) is 11. The van der Waals surface area contributed by atoms with Gasteiger partial charge in [0, 0.05) is 44.5 Å². The number of aliphatic hydroxyl groups excluding tert-OH is 5. The summed E-state index contributed by atoms with van der Waals surface area (Å²) in [5, 5.41) is 54.4. The molecule has 4 fully saturated rings. The van der Waals surface area contributed by atoms with Crippen LogP contribution in [-0.4, -0.2) is 124 Å². The number of carbonyl (C=O) groups excluding carboxylic acids is 2. The van der Waals surface area contributed by atoms with Crippen LogP contribution in [0.3, 0.4) is 0 Å². The van der Waals surface area contributed by atoms with Crippen LogP contribution in [0.5, 0.6) is 0 Å². The molecule has 2 saturated carbocycles. The number of nitrogens with one attached hydrogen (secondary N) is 1. The summed E-state index contributed by atoms with van der Waals surface area (Å²) in [7, 11) is 0. The number of rotatable bonds is 18. The van der Waals surface area contributed by atoms with Crippen molar-refractivity contribution >= 4 is 11.7 Å². The van der Waals surface area contributed by atoms with Gasteiger partial charge in [-0.3, -0.25) is 14.5 Å². The maximum Gasteiger partial charge on any atom is 0.219 e. The third-order valence-corrected chi connectivity index (χ3v) is 9.85. The molecule has 4 aliphatic rings. The molecule has 0 aromatic heterocycles. The van der Waals surface area contributed by atoms with E-state index in [2.05, 4.69) is 10.2 Å². The molecule has 1 amide bonds. The molecule has 12 nitrogen and oxygen atoms in total. The summed E-state index contributed by atoms with van der Waals surface area (Å²) in [6, 6.07) is 0.608. The molecule has 0 aromatic carbocycles. The van der Waals surface area contributed by atoms with E-state index in [0.717, 1.165) is 51.7 Å². The number of ketones is 1. The first-order valence-electron chi connectivity index (χ1n) is 17.0. The fourth-order valence-corrected chi connectivity index (χ4v) is 7.19. The fraction of sp³-hybridized carbons (Fsp3) is 0.938. The van der Waals surface area contributed by atoms with Gasteiger partial charge in [-0.1, -0.05) is 19.3 Å². The zero-order chi connectivity index (χ0) is 31.6. The quantitative estimate of drug-likeness (QED) is 0.119. The van der Waals surface area contributed by atoms with Crippen LogP contribution >= 0.6 is 0 Å². The highest BCUT2D eigenvalue weighted by molar-refractivity contribution is 5.84. The molecule has 2 aliphatic carbocycles. The van der Waals surface area contributed by atoms with Crippen LogP contribution in [0.2, 0.25) is 0 Å². The molecule has 4 rings (SSSR count). The minimum absolute atomic E-state index is 0.0435. The summed E-state index contributed by atoms with van der Waals surface area (Å²) in [5.74, 6) is -0.362. The van der Waals surface area contributed by atoms with Gasteiger partial charge in [-0.25, -0.2) is 0 Å². The molecule has 0 spiro atoms. The van der Waals surface area contributed by atoms with Crippen LogP contribution in [0.25, 0.3) is 0 Å². The SMILES string of the molecule is CCNC(=O)CCCCCC[C@H]1C(=O)C[C@@H](O[C@@H]2OC(CO)[C@@H](O)[C@H](O)C2O)[C@@H]1CC[C@@H](O)CCC1OCCCN1C1CC1. The number of carbonyl (C=O) groups is 2. The zero-order valence-corrected chi connectivity index (χ0v) is 26.3. The Morgan fingerprint density at radius 3 is 2.52 bits per heavy atom. The number of ether oxygens (including phenoxy) is 3. The number of aliphatic hydroxyl groups is 5. The van der Waals surface area contributed by atoms with Gasteiger partial charge in [0.15, 0.2) is 6.29 Å². The van der Waals surface area contributed by atoms with Gasteiger partial charge in [0.1, 0.15) is 36.4 Å². The molecule has 6 N–H and O–H groups in total. The smallest absolute Gasteiger partial charge is 0.219 e. The molecule has 12 heteroatoms. The van der Waals surface area contributed by atoms with Gasteiger partial charge in [0.05, 0.1) is 18.8 Å². The Morgan fingerprint density at radius 1 is 1.05 bits per heavy atom. The summed E-state index contributed by atoms with van der Waals surface area (Å²) in [5.41, 5.74) is 0. The Morgan fingerprint density at radius 2 is 1.80 bits per heavy atom. The van der Waals surface area contributed by atoms with Crippen molar-refractivity contribution in [3.63, 3.8) is 0 Å². The standard InChI is InChI=1S/C32H56N2O10/c1-2-33-27(38)9-6-4-3-5-8-22-23(14-12-21(36)13-15-28-34(20-10-11-20)16-7-17-42-28)25(18-24(22)37)43-32-31(41)30(40)29(39)26(19-35)44-32/h20-23,25-26,28-32,35-36,39-41H,2-19H2,1H3,(H,33,38)/t21-,22-,23-,25-,26?,28?,29-,30+,31?,32-/m1/s1. The molecular formula is C32H56N2O10. The van der Waals surface area contributed by atoms with E-state index in [4.69, 9.17) is 14.2 Å². The molecule has 0 aromatic rings. The van der Waals surface area contributed by atoms with Crippen molar-refractivity contribution in [1.82, 2.24) is 10.2 Å². The monoisotopic (exact) mass is 628 g/mol. The van der Waals surface area contributed by atoms with Crippen LogP contribution in [0, 0.1) is 11.8 Å². The van der Waals surface area contributed by atoms with Gasteiger partial charge in [-0.05, 0) is 70.6 Å². The second-order valence-corrected chi connectivity index (χ2v) is 13.2. The molecule has 10 atom stereocenters. The lowest BCUT2D eigenvalue weighted by molar-refractivity contribution is -0.314. The average molecular weight is 629 g/mol. The van der Waals surface area contributed by atoms with Gasteiger partial charge >= 0.3 is 0 Å². The first kappa shape index (κ1) is 35.6. The van der Waals surface area contributed by atoms with Crippen LogP contribution < -0.4 is 5.32 Å². The van der Waals surface area contributed by atoms with E-state index in [1.807, 2.05) is 6.92 Å². The summed E-state index contributed by atoms with van der Waals surface area (Å²) in [6.45, 7) is 3.75. The Hall–Kier alpha value is -1.22. The van der Waals surface area contributed by atoms with Crippen molar-refractivity contribution in [3.05, 3.63) is 0 Å². The predicted molar refractivity (Wildman–Crippen MR) is 160 cm³/mol. The summed E-state index contributed by atoms with van der Waals surface area (Å²) < 4.78 is 17.8. The second kappa shape index (κ2) is 17.6. The number of nitrogens with zero attached hydrogens (tertiary/aromatic N) is 1. The molecule has 2 aliphatic heterocycles. The van der Waals surface area contributed by atoms with E-state index >= 15 is 0 Å². The third kappa shape index (κ3) is 9.89. The maximum absolute atomic E-state index is 13.3. The topological polar surface area (TPSA) is 178 Å². The van der Waals surface area contributed by atoms with Crippen LogP contribution in [0.1, 0.15) is 96.8 Å². The van der Waals surface area contributed by atoms with Crippen molar-refractivity contribution in [3.8, 4) is 0 Å². The van der Waals surface area contributed by atoms with Crippen LogP contribution in [-0.2, 0) is 23.8 Å². The maximum atomic E-state index is 13.3. The van der Waals surface area contributed by atoms with E-state index in [-0.39, 0.29) is 36.2 Å². The van der Waals surface area contributed by atoms with Gasteiger partial charge in [0.2, 0.25) is 5.91 Å². The van der Waals surface area contributed by atoms with E-state index in [1.54, 1.807) is 0 Å². The van der Waals surface area contributed by atoms with Crippen molar-refractivity contribution < 1.29 is 49.3 Å². The second-order valence-electron chi connectivity index (χ2n) is 13.2. The Balaban J connectivity index is 1.32. The zero-order valence-electron chi connectivity index (χ0n) is 26.3. The van der Waals surface area contributed by atoms with Crippen molar-refractivity contribution in [2.75, 3.05) is 26.3 Å². The minimum Gasteiger partial charge on any atom is -0.394 e. The van der Waals surface area contributed by atoms with Gasteiger partial charge in [-0.15, -0.1) is 0 Å². The number of hydrogen-bond donors (Lipinski definition) is 6. The summed E-state index contributed by atoms with van der Waals surface area (Å²) in [4.78, 5) is 27.4. The molecule has 2 heterocycles. The molecule has 254 valence electrons. The van der Waals surface area contributed by atoms with Gasteiger partial charge in [-0.2, -0.15) is 0 Å². The van der Waals surface area contributed by atoms with Gasteiger partial charge in [0.25, 0.3) is 0 Å². The number of Topliss-reactive ketones (excluding diaryl/α,β-unsaturated/α-hetero) is 1. The largest absolute Gasteiger partial charge is 0.394 e. The lowest BCUT2D eigenvalue weighted by Gasteiger charge is -2.41. The normalized spacial score (nSPS) is 35.6. The Bertz CT molecular complexity index is 889. The minimum atomic E-state index is -1.56. The van der Waals surface area contributed by atoms with Crippen molar-refractivity contribution in [2.24, 2.45) is 11.8 Å². The fourth-order valence-electron chi connectivity index (χ4n) is 7.19. The highest BCUT2D eigenvalue weighted by atomic mass is 16.7. The number of unbranched alkanes of at least 4 members (excludes halogenated alkanes) is 3. The molecule has 2 saturated heterocycles. The molecule has 44 heavy (non-hydrogen) atoms. The van der Waals surface area contributed by atoms with E-state index < -0.39 is 49.5 Å². The lowest BCUT2D eigenvalue weighted by Crippen LogP contribution is -2.59. The Kier molecular flexibility index (Phi) is 14.3. The highest BCUT2D eigenvalue weighted by Gasteiger charge is 2.49. The highest BCUT2D eigenvalue weighted by Crippen LogP contribution is 2.40. The van der Waals surface area contributed by atoms with E-state index in [0.29, 0.717) is 44.7 Å². The average Bonchev–Trinajstić information content (AvgIpc) is 3.82. The molecule has 0 bridgehead atoms. The molecular weight excluding hydrogens is 572 g/mol. The van der Waals surface area contributed by atoms with Gasteiger partial charge < -0.3 is 45.1 Å². The predicted octanol–water partition coefficient (Wildman–Crippen LogP) is 0.986.